The minimum atomic E-state index is -0.303. The number of benzene rings is 2. The van der Waals surface area contributed by atoms with Gasteiger partial charge in [-0.2, -0.15) is 0 Å². The molecular weight excluding hydrogens is 384 g/mol. The summed E-state index contributed by atoms with van der Waals surface area (Å²) in [5, 5.41) is 2.90. The molecule has 8 heteroatoms. The Morgan fingerprint density at radius 3 is 2.47 bits per heavy atom. The molecule has 0 aliphatic heterocycles. The van der Waals surface area contributed by atoms with E-state index in [-0.39, 0.29) is 5.91 Å². The van der Waals surface area contributed by atoms with Crippen molar-refractivity contribution in [2.24, 2.45) is 0 Å². The lowest BCUT2D eigenvalue weighted by Gasteiger charge is -2.13. The Kier molecular flexibility index (Phi) is 5.21. The Bertz CT molecular complexity index is 1190. The van der Waals surface area contributed by atoms with Crippen LogP contribution in [0.2, 0.25) is 0 Å². The monoisotopic (exact) mass is 404 g/mol. The van der Waals surface area contributed by atoms with Gasteiger partial charge >= 0.3 is 0 Å². The first-order chi connectivity index (χ1) is 14.6. The molecule has 152 valence electrons. The molecule has 2 heterocycles. The summed E-state index contributed by atoms with van der Waals surface area (Å²) in [5.74, 6) is 1.86. The van der Waals surface area contributed by atoms with E-state index in [1.165, 1.54) is 7.11 Å². The van der Waals surface area contributed by atoms with E-state index in [1.807, 2.05) is 35.0 Å². The highest BCUT2D eigenvalue weighted by molar-refractivity contribution is 6.05. The summed E-state index contributed by atoms with van der Waals surface area (Å²) in [6.07, 6.45) is 5.45. The highest BCUT2D eigenvalue weighted by Crippen LogP contribution is 2.32. The number of carbonyl (C=O) groups is 1. The van der Waals surface area contributed by atoms with E-state index in [1.54, 1.807) is 44.7 Å². The molecule has 0 aliphatic carbocycles. The predicted molar refractivity (Wildman–Crippen MR) is 112 cm³/mol. The Labute approximate surface area is 173 Å². The van der Waals surface area contributed by atoms with Crippen molar-refractivity contribution < 1.29 is 19.0 Å². The molecule has 0 radical (unpaired) electrons. The molecule has 0 spiro atoms. The number of methoxy groups -OCH3 is 3. The van der Waals surface area contributed by atoms with Gasteiger partial charge in [0.05, 0.1) is 32.7 Å². The van der Waals surface area contributed by atoms with E-state index in [4.69, 9.17) is 14.2 Å². The number of hydrogen-bond acceptors (Lipinski definition) is 6. The molecule has 0 atom stereocenters. The second kappa shape index (κ2) is 8.12. The van der Waals surface area contributed by atoms with Crippen LogP contribution >= 0.6 is 0 Å². The fourth-order valence-electron chi connectivity index (χ4n) is 3.11. The Hall–Kier alpha value is -4.07. The summed E-state index contributed by atoms with van der Waals surface area (Å²) in [5.41, 5.74) is 2.51. The van der Waals surface area contributed by atoms with Crippen molar-refractivity contribution in [3.63, 3.8) is 0 Å². The minimum absolute atomic E-state index is 0.303. The fourth-order valence-corrected chi connectivity index (χ4v) is 3.11. The number of anilines is 1. The molecular formula is C22H20N4O4. The number of amides is 1. The van der Waals surface area contributed by atoms with E-state index in [0.717, 1.165) is 11.3 Å². The topological polar surface area (TPSA) is 87.0 Å². The molecule has 8 nitrogen and oxygen atoms in total. The quantitative estimate of drug-likeness (QED) is 0.528. The van der Waals surface area contributed by atoms with Gasteiger partial charge in [0.25, 0.3) is 5.91 Å². The summed E-state index contributed by atoms with van der Waals surface area (Å²) in [6, 6.07) is 12.3. The third-order valence-corrected chi connectivity index (χ3v) is 4.62. The van der Waals surface area contributed by atoms with E-state index in [9.17, 15) is 4.79 Å². The average molecular weight is 404 g/mol. The van der Waals surface area contributed by atoms with Gasteiger partial charge in [0.2, 0.25) is 5.78 Å². The molecule has 0 bridgehead atoms. The number of fused-ring (bicyclic) bond motifs is 1. The third kappa shape index (κ3) is 3.62. The second-order valence-corrected chi connectivity index (χ2v) is 6.39. The molecule has 0 saturated carbocycles. The van der Waals surface area contributed by atoms with Gasteiger partial charge in [-0.25, -0.2) is 9.97 Å². The van der Waals surface area contributed by atoms with Gasteiger partial charge in [0, 0.05) is 29.7 Å². The second-order valence-electron chi connectivity index (χ2n) is 6.39. The number of nitrogens with one attached hydrogen (secondary N) is 1. The number of ether oxygens (including phenoxy) is 3. The maximum absolute atomic E-state index is 12.8. The van der Waals surface area contributed by atoms with Gasteiger partial charge < -0.3 is 19.5 Å². The maximum atomic E-state index is 12.8. The summed E-state index contributed by atoms with van der Waals surface area (Å²) in [7, 11) is 4.62. The largest absolute Gasteiger partial charge is 0.495 e. The molecule has 0 aliphatic rings. The lowest BCUT2D eigenvalue weighted by molar-refractivity contribution is 0.102. The molecule has 1 amide bonds. The zero-order chi connectivity index (χ0) is 21.1. The SMILES string of the molecule is COc1ccc(-c2cn3cccnc3n2)cc1NC(=O)c1ccc(OC)c(OC)c1. The van der Waals surface area contributed by atoms with Crippen LogP contribution in [0.5, 0.6) is 17.2 Å². The maximum Gasteiger partial charge on any atom is 0.255 e. The van der Waals surface area contributed by atoms with Crippen molar-refractivity contribution in [3.05, 3.63) is 66.6 Å². The summed E-state index contributed by atoms with van der Waals surface area (Å²) in [4.78, 5) is 21.6. The van der Waals surface area contributed by atoms with Crippen molar-refractivity contribution in [1.82, 2.24) is 14.4 Å². The van der Waals surface area contributed by atoms with Crippen molar-refractivity contribution in [2.45, 2.75) is 0 Å². The van der Waals surface area contributed by atoms with Crippen LogP contribution in [0.1, 0.15) is 10.4 Å². The van der Waals surface area contributed by atoms with Crippen LogP contribution < -0.4 is 19.5 Å². The van der Waals surface area contributed by atoms with Gasteiger partial charge in [-0.1, -0.05) is 0 Å². The molecule has 4 rings (SSSR count). The Morgan fingerprint density at radius 2 is 1.73 bits per heavy atom. The number of imidazole rings is 1. The van der Waals surface area contributed by atoms with Gasteiger partial charge in [-0.05, 0) is 42.5 Å². The molecule has 0 fully saturated rings. The first kappa shape index (κ1) is 19.3. The minimum Gasteiger partial charge on any atom is -0.495 e. The summed E-state index contributed by atoms with van der Waals surface area (Å²) in [6.45, 7) is 0. The van der Waals surface area contributed by atoms with Gasteiger partial charge in [0.1, 0.15) is 5.75 Å². The van der Waals surface area contributed by atoms with Gasteiger partial charge in [-0.15, -0.1) is 0 Å². The number of rotatable bonds is 6. The predicted octanol–water partition coefficient (Wildman–Crippen LogP) is 3.67. The van der Waals surface area contributed by atoms with Crippen molar-refractivity contribution in [1.29, 1.82) is 0 Å². The van der Waals surface area contributed by atoms with Crippen molar-refractivity contribution in [3.8, 4) is 28.5 Å². The number of nitrogens with zero attached hydrogens (tertiary/aromatic N) is 3. The lowest BCUT2D eigenvalue weighted by atomic mass is 10.1. The average Bonchev–Trinajstić information content (AvgIpc) is 3.22. The van der Waals surface area contributed by atoms with E-state index in [2.05, 4.69) is 15.3 Å². The first-order valence-corrected chi connectivity index (χ1v) is 9.14. The molecule has 2 aromatic heterocycles. The third-order valence-electron chi connectivity index (χ3n) is 4.62. The van der Waals surface area contributed by atoms with Crippen LogP contribution in [0.25, 0.3) is 17.0 Å². The van der Waals surface area contributed by atoms with E-state index in [0.29, 0.717) is 34.3 Å². The highest BCUT2D eigenvalue weighted by Gasteiger charge is 2.15. The van der Waals surface area contributed by atoms with Crippen LogP contribution in [-0.4, -0.2) is 41.6 Å². The molecule has 2 aromatic carbocycles. The van der Waals surface area contributed by atoms with Crippen LogP contribution in [0, 0.1) is 0 Å². The van der Waals surface area contributed by atoms with E-state index < -0.39 is 0 Å². The number of carbonyl (C=O) groups excluding carboxylic acids is 1. The Balaban J connectivity index is 1.66. The van der Waals surface area contributed by atoms with Crippen LogP contribution in [-0.2, 0) is 0 Å². The smallest absolute Gasteiger partial charge is 0.255 e. The van der Waals surface area contributed by atoms with Crippen molar-refractivity contribution in [2.75, 3.05) is 26.6 Å². The molecule has 30 heavy (non-hydrogen) atoms. The van der Waals surface area contributed by atoms with Gasteiger partial charge in [-0.3, -0.25) is 9.20 Å². The lowest BCUT2D eigenvalue weighted by Crippen LogP contribution is -2.13. The highest BCUT2D eigenvalue weighted by atomic mass is 16.5. The molecule has 4 aromatic rings. The normalized spacial score (nSPS) is 10.6. The van der Waals surface area contributed by atoms with E-state index >= 15 is 0 Å². The van der Waals surface area contributed by atoms with Gasteiger partial charge in [0.15, 0.2) is 11.5 Å². The van der Waals surface area contributed by atoms with Crippen molar-refractivity contribution >= 4 is 17.4 Å². The zero-order valence-corrected chi connectivity index (χ0v) is 16.7. The number of hydrogen-bond donors (Lipinski definition) is 1. The molecule has 0 saturated heterocycles. The van der Waals surface area contributed by atoms with Crippen LogP contribution in [0.3, 0.4) is 0 Å². The van der Waals surface area contributed by atoms with Crippen LogP contribution in [0.4, 0.5) is 5.69 Å². The number of aromatic nitrogens is 3. The molecule has 0 unspecified atom stereocenters. The summed E-state index contributed by atoms with van der Waals surface area (Å²) >= 11 is 0. The standard InChI is InChI=1S/C22H20N4O4/c1-28-18-7-5-14(17-13-26-10-4-9-23-22(26)25-17)11-16(18)24-21(27)15-6-8-19(29-2)20(12-15)30-3/h4-13H,1-3H3,(H,24,27). The zero-order valence-electron chi connectivity index (χ0n) is 16.7. The molecule has 1 N–H and O–H groups in total. The Morgan fingerprint density at radius 1 is 0.967 bits per heavy atom. The first-order valence-electron chi connectivity index (χ1n) is 9.14. The fraction of sp³-hybridized carbons (Fsp3) is 0.136. The van der Waals surface area contributed by atoms with Crippen LogP contribution in [0.15, 0.2) is 61.1 Å². The summed E-state index contributed by atoms with van der Waals surface area (Å²) < 4.78 is 17.8.